The zero-order valence-corrected chi connectivity index (χ0v) is 20.3. The van der Waals surface area contributed by atoms with E-state index in [-0.39, 0.29) is 0 Å². The molecule has 4 aliphatic carbocycles. The van der Waals surface area contributed by atoms with Gasteiger partial charge in [-0.25, -0.2) is 0 Å². The highest BCUT2D eigenvalue weighted by Gasteiger charge is 2.41. The minimum Gasteiger partial charge on any atom is -0.459 e. The predicted octanol–water partition coefficient (Wildman–Crippen LogP) is 7.79. The second kappa shape index (κ2) is 11.0. The molecule has 0 bridgehead atoms. The lowest BCUT2D eigenvalue weighted by atomic mass is 9.99. The first-order valence-electron chi connectivity index (χ1n) is 13.1. The average molecular weight is 407 g/mol. The topological polar surface area (TPSA) is 9.23 Å². The van der Waals surface area contributed by atoms with E-state index in [4.69, 9.17) is 4.12 Å². The van der Waals surface area contributed by atoms with Crippen molar-refractivity contribution in [3.8, 4) is 0 Å². The Kier molecular flexibility index (Phi) is 8.39. The molecule has 1 nitrogen and oxygen atoms in total. The first-order valence-corrected chi connectivity index (χ1v) is 16.7. The molecule has 0 atom stereocenters. The van der Waals surface area contributed by atoms with Crippen LogP contribution in [0.3, 0.4) is 0 Å². The van der Waals surface area contributed by atoms with Gasteiger partial charge in [0.1, 0.15) is 0 Å². The van der Waals surface area contributed by atoms with E-state index in [0.29, 0.717) is 0 Å². The molecule has 0 radical (unpaired) electrons. The summed E-state index contributed by atoms with van der Waals surface area (Å²) in [6.45, 7) is 0. The molecule has 0 aromatic carbocycles. The molecule has 0 saturated heterocycles. The van der Waals surface area contributed by atoms with Gasteiger partial charge in [0.15, 0.2) is 18.1 Å². The quantitative estimate of drug-likeness (QED) is 0.409. The van der Waals surface area contributed by atoms with E-state index < -0.39 is 18.1 Å². The maximum Gasteiger partial charge on any atom is 0.169 e. The molecule has 4 aliphatic rings. The molecule has 156 valence electrons. The Morgan fingerprint density at radius 1 is 0.333 bits per heavy atom. The molecule has 0 aromatic heterocycles. The van der Waals surface area contributed by atoms with E-state index in [9.17, 15) is 0 Å². The molecule has 0 N–H and O–H groups in total. The fourth-order valence-electron chi connectivity index (χ4n) is 7.25. The minimum atomic E-state index is -1.03. The molecule has 0 spiro atoms. The molecule has 4 saturated carbocycles. The Balaban J connectivity index is 1.49. The van der Waals surface area contributed by atoms with E-state index in [0.717, 1.165) is 22.2 Å². The first-order chi connectivity index (χ1) is 13.4. The van der Waals surface area contributed by atoms with E-state index in [1.165, 1.54) is 77.0 Å². The number of hydrogen-bond acceptors (Lipinski definition) is 1. The van der Waals surface area contributed by atoms with Crippen molar-refractivity contribution >= 4 is 18.1 Å². The fourth-order valence-corrected chi connectivity index (χ4v) is 18.3. The van der Waals surface area contributed by atoms with Crippen LogP contribution in [0.2, 0.25) is 22.2 Å². The Labute approximate surface area is 172 Å². The largest absolute Gasteiger partial charge is 0.459 e. The maximum atomic E-state index is 7.69. The van der Waals surface area contributed by atoms with E-state index in [1.54, 1.807) is 51.4 Å². The molecule has 3 heteroatoms. The molecule has 0 aliphatic heterocycles. The van der Waals surface area contributed by atoms with Crippen molar-refractivity contribution in [3.63, 3.8) is 0 Å². The number of hydrogen-bond donors (Lipinski definition) is 0. The molecule has 0 heterocycles. The molecule has 27 heavy (non-hydrogen) atoms. The summed E-state index contributed by atoms with van der Waals surface area (Å²) in [6, 6.07) is 0. The third-order valence-corrected chi connectivity index (χ3v) is 17.7. The van der Waals surface area contributed by atoms with Gasteiger partial charge in [0, 0.05) is 0 Å². The summed E-state index contributed by atoms with van der Waals surface area (Å²) in [6.07, 6.45) is 30.5. The highest BCUT2D eigenvalue weighted by Crippen LogP contribution is 2.47. The van der Waals surface area contributed by atoms with Crippen LogP contribution in [0.5, 0.6) is 0 Å². The Hall–Kier alpha value is 0.394. The molecule has 0 unspecified atom stereocenters. The molecule has 4 fully saturated rings. The zero-order valence-electron chi connectivity index (χ0n) is 18.0. The first kappa shape index (κ1) is 20.7. The summed E-state index contributed by atoms with van der Waals surface area (Å²) in [5.74, 6) is 0. The van der Waals surface area contributed by atoms with Crippen molar-refractivity contribution in [3.05, 3.63) is 0 Å². The molecule has 0 amide bonds. The van der Waals surface area contributed by atoms with Gasteiger partial charge in [0.05, 0.1) is 0 Å². The highest BCUT2D eigenvalue weighted by molar-refractivity contribution is 6.69. The zero-order chi connectivity index (χ0) is 18.3. The smallest absolute Gasteiger partial charge is 0.169 e. The molecular formula is C24H46OSi2. The van der Waals surface area contributed by atoms with E-state index in [2.05, 4.69) is 0 Å². The van der Waals surface area contributed by atoms with Crippen molar-refractivity contribution in [2.24, 2.45) is 0 Å². The van der Waals surface area contributed by atoms with Crippen LogP contribution in [-0.2, 0) is 4.12 Å². The summed E-state index contributed by atoms with van der Waals surface area (Å²) in [5.41, 5.74) is 4.24. The second-order valence-corrected chi connectivity index (χ2v) is 17.4. The molecule has 0 aromatic rings. The third kappa shape index (κ3) is 5.72. The number of rotatable bonds is 6. The SMILES string of the molecule is C1CCC([SiH](O[SiH](C2CCCCC2)C2CCCCC2)C2CCCCC2)CC1. The average Bonchev–Trinajstić information content (AvgIpc) is 2.77. The standard InChI is InChI=1S/C24H46OSi2/c1-5-13-21(14-6-1)26(22-15-7-2-8-16-22)25-27(23-17-9-3-10-18-23)24-19-11-4-12-20-24/h21-24,26-27H,1-20H2. The van der Waals surface area contributed by atoms with Crippen LogP contribution < -0.4 is 0 Å². The maximum absolute atomic E-state index is 7.69. The lowest BCUT2D eigenvalue weighted by Crippen LogP contribution is -2.43. The van der Waals surface area contributed by atoms with E-state index in [1.807, 2.05) is 0 Å². The van der Waals surface area contributed by atoms with Crippen LogP contribution in [0.4, 0.5) is 0 Å². The van der Waals surface area contributed by atoms with Crippen LogP contribution >= 0.6 is 0 Å². The van der Waals surface area contributed by atoms with Crippen molar-refractivity contribution in [2.45, 2.75) is 151 Å². The van der Waals surface area contributed by atoms with Gasteiger partial charge in [0.2, 0.25) is 0 Å². The second-order valence-electron chi connectivity index (χ2n) is 10.7. The lowest BCUT2D eigenvalue weighted by molar-refractivity contribution is 0.373. The van der Waals surface area contributed by atoms with Crippen molar-refractivity contribution < 1.29 is 4.12 Å². The predicted molar refractivity (Wildman–Crippen MR) is 123 cm³/mol. The Bertz CT molecular complexity index is 331. The highest BCUT2D eigenvalue weighted by atomic mass is 28.4. The monoisotopic (exact) mass is 406 g/mol. The van der Waals surface area contributed by atoms with Crippen molar-refractivity contribution in [1.29, 1.82) is 0 Å². The van der Waals surface area contributed by atoms with Crippen molar-refractivity contribution in [2.75, 3.05) is 0 Å². The third-order valence-electron chi connectivity index (χ3n) is 8.77. The summed E-state index contributed by atoms with van der Waals surface area (Å²) >= 11 is 0. The summed E-state index contributed by atoms with van der Waals surface area (Å²) in [4.78, 5) is 0. The fraction of sp³-hybridized carbons (Fsp3) is 1.00. The van der Waals surface area contributed by atoms with Gasteiger partial charge in [0.25, 0.3) is 0 Å². The van der Waals surface area contributed by atoms with Gasteiger partial charge in [-0.1, -0.05) is 128 Å². The van der Waals surface area contributed by atoms with E-state index >= 15 is 0 Å². The van der Waals surface area contributed by atoms with Crippen LogP contribution in [0.1, 0.15) is 128 Å². The lowest BCUT2D eigenvalue weighted by Gasteiger charge is -2.43. The van der Waals surface area contributed by atoms with Gasteiger partial charge in [-0.3, -0.25) is 0 Å². The minimum absolute atomic E-state index is 1.03. The van der Waals surface area contributed by atoms with Gasteiger partial charge in [-0.2, -0.15) is 0 Å². The summed E-state index contributed by atoms with van der Waals surface area (Å²) in [5, 5.41) is 0. The van der Waals surface area contributed by atoms with Crippen LogP contribution in [0, 0.1) is 0 Å². The van der Waals surface area contributed by atoms with Gasteiger partial charge in [-0.05, 0) is 22.2 Å². The van der Waals surface area contributed by atoms with Crippen LogP contribution in [-0.4, -0.2) is 18.1 Å². The van der Waals surface area contributed by atoms with Crippen LogP contribution in [0.25, 0.3) is 0 Å². The Morgan fingerprint density at radius 3 is 0.778 bits per heavy atom. The normalized spacial score (nSPS) is 28.2. The van der Waals surface area contributed by atoms with Crippen molar-refractivity contribution in [1.82, 2.24) is 0 Å². The van der Waals surface area contributed by atoms with Crippen LogP contribution in [0.15, 0.2) is 0 Å². The molecule has 4 rings (SSSR count). The summed E-state index contributed by atoms with van der Waals surface area (Å²) in [7, 11) is -2.07. The molecular weight excluding hydrogens is 360 g/mol. The summed E-state index contributed by atoms with van der Waals surface area (Å²) < 4.78 is 7.69. The van der Waals surface area contributed by atoms with Gasteiger partial charge >= 0.3 is 0 Å². The van der Waals surface area contributed by atoms with Gasteiger partial charge in [-0.15, -0.1) is 0 Å². The van der Waals surface area contributed by atoms with Gasteiger partial charge < -0.3 is 4.12 Å². The Morgan fingerprint density at radius 2 is 0.556 bits per heavy atom.